The largest absolute Gasteiger partial charge is 0.548 e. The summed E-state index contributed by atoms with van der Waals surface area (Å²) in [4.78, 5) is 46.6. The van der Waals surface area contributed by atoms with Gasteiger partial charge in [-0.25, -0.2) is 0 Å². The van der Waals surface area contributed by atoms with Crippen LogP contribution in [0.15, 0.2) is 29.2 Å². The fourth-order valence-corrected chi connectivity index (χ4v) is 3.56. The first kappa shape index (κ1) is 18.8. The SMILES string of the molecule is NC(=O)CC[C@H](C(=O)[O-])N1C(=O)/C(=C/c2ccc(C=O)cc2)SC1=S. The maximum Gasteiger partial charge on any atom is 0.266 e. The number of nitrogens with two attached hydrogens (primary N) is 1. The number of aldehydes is 1. The maximum atomic E-state index is 12.5. The van der Waals surface area contributed by atoms with E-state index < -0.39 is 23.8 Å². The van der Waals surface area contributed by atoms with Crippen LogP contribution < -0.4 is 10.8 Å². The van der Waals surface area contributed by atoms with Crippen molar-refractivity contribution in [2.75, 3.05) is 0 Å². The third-order valence-corrected chi connectivity index (χ3v) is 4.77. The molecule has 2 rings (SSSR count). The number of aliphatic carboxylic acids is 1. The van der Waals surface area contributed by atoms with E-state index in [1.165, 1.54) is 0 Å². The predicted octanol–water partition coefficient (Wildman–Crippen LogP) is 0.0843. The number of carboxylic acids is 1. The van der Waals surface area contributed by atoms with E-state index in [1.807, 2.05) is 0 Å². The molecular formula is C16H13N2O5S2-. The summed E-state index contributed by atoms with van der Waals surface area (Å²) in [7, 11) is 0. The molecule has 0 aromatic heterocycles. The summed E-state index contributed by atoms with van der Waals surface area (Å²) in [6.07, 6.45) is 1.87. The molecule has 2 N–H and O–H groups in total. The number of thioether (sulfide) groups is 1. The molecule has 1 aliphatic heterocycles. The second kappa shape index (κ2) is 8.04. The van der Waals surface area contributed by atoms with Crippen molar-refractivity contribution in [1.82, 2.24) is 4.90 Å². The first-order valence-corrected chi connectivity index (χ1v) is 8.37. The molecule has 7 nitrogen and oxygen atoms in total. The van der Waals surface area contributed by atoms with Crippen LogP contribution in [0.5, 0.6) is 0 Å². The Bertz CT molecular complexity index is 773. The van der Waals surface area contributed by atoms with Gasteiger partial charge in [-0.15, -0.1) is 0 Å². The first-order chi connectivity index (χ1) is 11.8. The van der Waals surface area contributed by atoms with Gasteiger partial charge in [0.1, 0.15) is 10.6 Å². The van der Waals surface area contributed by atoms with Gasteiger partial charge in [-0.05, 0) is 18.1 Å². The van der Waals surface area contributed by atoms with E-state index in [0.717, 1.165) is 16.7 Å². The number of carbonyl (C=O) groups is 4. The van der Waals surface area contributed by atoms with E-state index in [9.17, 15) is 24.3 Å². The van der Waals surface area contributed by atoms with Crippen LogP contribution in [0.25, 0.3) is 6.08 Å². The Kier molecular flexibility index (Phi) is 6.05. The lowest BCUT2D eigenvalue weighted by Crippen LogP contribution is -2.50. The molecule has 9 heteroatoms. The van der Waals surface area contributed by atoms with Crippen molar-refractivity contribution in [3.63, 3.8) is 0 Å². The number of thiocarbonyl (C=S) groups is 1. The second-order valence-corrected chi connectivity index (χ2v) is 6.85. The van der Waals surface area contributed by atoms with Crippen molar-refractivity contribution in [2.45, 2.75) is 18.9 Å². The fraction of sp³-hybridized carbons (Fsp3) is 0.188. The zero-order valence-corrected chi connectivity index (χ0v) is 14.5. The molecule has 1 aliphatic rings. The molecule has 0 unspecified atom stereocenters. The molecule has 25 heavy (non-hydrogen) atoms. The average molecular weight is 377 g/mol. The number of carboxylic acid groups (broad SMARTS) is 1. The second-order valence-electron chi connectivity index (χ2n) is 5.18. The zero-order chi connectivity index (χ0) is 18.6. The van der Waals surface area contributed by atoms with Crippen LogP contribution in [0.3, 0.4) is 0 Å². The highest BCUT2D eigenvalue weighted by molar-refractivity contribution is 8.26. The zero-order valence-electron chi connectivity index (χ0n) is 12.8. The number of hydrogen-bond donors (Lipinski definition) is 1. The van der Waals surface area contributed by atoms with E-state index in [4.69, 9.17) is 18.0 Å². The van der Waals surface area contributed by atoms with Gasteiger partial charge in [0.15, 0.2) is 0 Å². The number of primary amides is 1. The van der Waals surface area contributed by atoms with Gasteiger partial charge in [0.2, 0.25) is 5.91 Å². The number of carbonyl (C=O) groups excluding carboxylic acids is 4. The number of hydrogen-bond acceptors (Lipinski definition) is 7. The molecule has 1 heterocycles. The Morgan fingerprint density at radius 1 is 1.28 bits per heavy atom. The number of rotatable bonds is 7. The molecule has 0 spiro atoms. The highest BCUT2D eigenvalue weighted by Gasteiger charge is 2.37. The summed E-state index contributed by atoms with van der Waals surface area (Å²) in [6.45, 7) is 0. The van der Waals surface area contributed by atoms with E-state index in [2.05, 4.69) is 0 Å². The summed E-state index contributed by atoms with van der Waals surface area (Å²) in [5.74, 6) is -2.76. The molecule has 1 atom stereocenters. The number of benzene rings is 1. The topological polar surface area (TPSA) is 121 Å². The van der Waals surface area contributed by atoms with Gasteiger partial charge in [0, 0.05) is 12.0 Å². The lowest BCUT2D eigenvalue weighted by atomic mass is 10.1. The van der Waals surface area contributed by atoms with Crippen LogP contribution in [0.2, 0.25) is 0 Å². The summed E-state index contributed by atoms with van der Waals surface area (Å²) in [5, 5.41) is 11.3. The van der Waals surface area contributed by atoms with Crippen LogP contribution >= 0.6 is 24.0 Å². The number of nitrogens with zero attached hydrogens (tertiary/aromatic N) is 1. The lowest BCUT2D eigenvalue weighted by Gasteiger charge is -2.27. The van der Waals surface area contributed by atoms with Crippen molar-refractivity contribution < 1.29 is 24.3 Å². The van der Waals surface area contributed by atoms with Crippen LogP contribution in [-0.2, 0) is 14.4 Å². The highest BCUT2D eigenvalue weighted by Crippen LogP contribution is 2.34. The number of amides is 2. The van der Waals surface area contributed by atoms with E-state index >= 15 is 0 Å². The summed E-state index contributed by atoms with van der Waals surface area (Å²) in [6, 6.07) is 5.13. The molecule has 1 aromatic carbocycles. The van der Waals surface area contributed by atoms with Crippen molar-refractivity contribution in [3.8, 4) is 0 Å². The van der Waals surface area contributed by atoms with Gasteiger partial charge in [-0.2, -0.15) is 0 Å². The fourth-order valence-electron chi connectivity index (χ4n) is 2.20. The standard InChI is InChI=1S/C16H14N2O5S2/c17-13(20)6-5-11(15(22)23)18-14(21)12(25-16(18)24)7-9-1-3-10(8-19)4-2-9/h1-4,7-8,11H,5-6H2,(H2,17,20)(H,22,23)/p-1/b12-7-/t11-/m1/s1. The van der Waals surface area contributed by atoms with Crippen molar-refractivity contribution in [1.29, 1.82) is 0 Å². The van der Waals surface area contributed by atoms with Crippen LogP contribution in [0.1, 0.15) is 28.8 Å². The smallest absolute Gasteiger partial charge is 0.266 e. The normalized spacial score (nSPS) is 17.0. The van der Waals surface area contributed by atoms with Gasteiger partial charge in [-0.3, -0.25) is 19.3 Å². The van der Waals surface area contributed by atoms with Gasteiger partial charge >= 0.3 is 0 Å². The molecule has 2 amide bonds. The Labute approximate surface area is 152 Å². The third kappa shape index (κ3) is 4.52. The molecule has 0 saturated carbocycles. The minimum atomic E-state index is -1.51. The molecule has 0 bridgehead atoms. The molecule has 130 valence electrons. The summed E-state index contributed by atoms with van der Waals surface area (Å²) in [5.41, 5.74) is 6.19. The molecule has 1 fully saturated rings. The third-order valence-electron chi connectivity index (χ3n) is 3.44. The van der Waals surface area contributed by atoms with Crippen molar-refractivity contribution in [2.24, 2.45) is 5.73 Å². The van der Waals surface area contributed by atoms with Crippen molar-refractivity contribution >= 4 is 58.4 Å². The van der Waals surface area contributed by atoms with Gasteiger partial charge in [0.05, 0.1) is 16.9 Å². The summed E-state index contributed by atoms with van der Waals surface area (Å²) >= 11 is 6.06. The lowest BCUT2D eigenvalue weighted by molar-refractivity contribution is -0.310. The van der Waals surface area contributed by atoms with Crippen molar-refractivity contribution in [3.05, 3.63) is 40.3 Å². The Hall–Kier alpha value is -2.52. The van der Waals surface area contributed by atoms with E-state index in [0.29, 0.717) is 17.4 Å². The van der Waals surface area contributed by atoms with Gasteiger partial charge in [-0.1, -0.05) is 48.2 Å². The van der Waals surface area contributed by atoms with E-state index in [1.54, 1.807) is 30.3 Å². The van der Waals surface area contributed by atoms with Crippen LogP contribution in [-0.4, -0.2) is 39.3 Å². The molecule has 0 aliphatic carbocycles. The molecule has 0 radical (unpaired) electrons. The molecular weight excluding hydrogens is 364 g/mol. The Morgan fingerprint density at radius 3 is 2.40 bits per heavy atom. The highest BCUT2D eigenvalue weighted by atomic mass is 32.2. The molecule has 1 aromatic rings. The van der Waals surface area contributed by atoms with E-state index in [-0.39, 0.29) is 22.1 Å². The van der Waals surface area contributed by atoms with Crippen LogP contribution in [0, 0.1) is 0 Å². The monoisotopic (exact) mass is 377 g/mol. The summed E-state index contributed by atoms with van der Waals surface area (Å²) < 4.78 is 0.0689. The quantitative estimate of drug-likeness (QED) is 0.406. The van der Waals surface area contributed by atoms with Crippen LogP contribution in [0.4, 0.5) is 0 Å². The van der Waals surface area contributed by atoms with Gasteiger partial charge in [0.25, 0.3) is 5.91 Å². The maximum absolute atomic E-state index is 12.5. The molecule has 1 saturated heterocycles. The minimum absolute atomic E-state index is 0.0689. The Balaban J connectivity index is 2.24. The Morgan fingerprint density at radius 2 is 1.88 bits per heavy atom. The average Bonchev–Trinajstić information content (AvgIpc) is 2.83. The predicted molar refractivity (Wildman–Crippen MR) is 94.1 cm³/mol. The van der Waals surface area contributed by atoms with Gasteiger partial charge < -0.3 is 15.6 Å². The minimum Gasteiger partial charge on any atom is -0.548 e. The first-order valence-electron chi connectivity index (χ1n) is 7.15.